The number of hydrogen-bond acceptors (Lipinski definition) is 2. The van der Waals surface area contributed by atoms with Crippen molar-refractivity contribution in [2.24, 2.45) is 7.05 Å². The van der Waals surface area contributed by atoms with E-state index >= 15 is 0 Å². The maximum Gasteiger partial charge on any atom is 0.123 e. The van der Waals surface area contributed by atoms with E-state index in [1.807, 2.05) is 36.1 Å². The van der Waals surface area contributed by atoms with Gasteiger partial charge in [-0.05, 0) is 37.1 Å². The van der Waals surface area contributed by atoms with Crippen LogP contribution in [0, 0.1) is 5.82 Å². The molecule has 1 N–H and O–H groups in total. The Morgan fingerprint density at radius 3 is 2.65 bits per heavy atom. The average molecular weight is 275 g/mol. The van der Waals surface area contributed by atoms with Crippen molar-refractivity contribution in [1.29, 1.82) is 0 Å². The summed E-state index contributed by atoms with van der Waals surface area (Å²) in [6, 6.07) is 7.02. The van der Waals surface area contributed by atoms with Crippen molar-refractivity contribution in [1.82, 2.24) is 14.9 Å². The molecule has 0 aliphatic carbocycles. The number of hydrogen-bond donors (Lipinski definition) is 1. The molecule has 0 amide bonds. The van der Waals surface area contributed by atoms with E-state index < -0.39 is 0 Å². The van der Waals surface area contributed by atoms with Crippen LogP contribution in [0.3, 0.4) is 0 Å². The Kier molecular flexibility index (Phi) is 5.30. The van der Waals surface area contributed by atoms with Gasteiger partial charge in [0.2, 0.25) is 0 Å². The van der Waals surface area contributed by atoms with Gasteiger partial charge in [-0.3, -0.25) is 0 Å². The number of aryl methyl sites for hydroxylation is 2. The third-order valence-electron chi connectivity index (χ3n) is 3.49. The molecule has 3 nitrogen and oxygen atoms in total. The van der Waals surface area contributed by atoms with Crippen LogP contribution < -0.4 is 5.32 Å². The summed E-state index contributed by atoms with van der Waals surface area (Å²) in [5.41, 5.74) is 1.13. The van der Waals surface area contributed by atoms with Crippen LogP contribution in [0.25, 0.3) is 0 Å². The number of aromatic nitrogens is 2. The van der Waals surface area contributed by atoms with Crippen LogP contribution in [-0.4, -0.2) is 16.1 Å². The minimum Gasteiger partial charge on any atom is -0.338 e. The lowest BCUT2D eigenvalue weighted by molar-refractivity contribution is 0.490. The van der Waals surface area contributed by atoms with E-state index in [1.54, 1.807) is 0 Å². The average Bonchev–Trinajstić information content (AvgIpc) is 2.86. The van der Waals surface area contributed by atoms with Crippen molar-refractivity contribution >= 4 is 0 Å². The zero-order valence-corrected chi connectivity index (χ0v) is 12.1. The Bertz CT molecular complexity index is 519. The lowest BCUT2D eigenvalue weighted by Crippen LogP contribution is -2.23. The molecule has 108 valence electrons. The van der Waals surface area contributed by atoms with Crippen LogP contribution in [0.4, 0.5) is 4.39 Å². The predicted octanol–water partition coefficient (Wildman–Crippen LogP) is 3.23. The van der Waals surface area contributed by atoms with Crippen molar-refractivity contribution < 1.29 is 4.39 Å². The maximum absolute atomic E-state index is 13.0. The van der Waals surface area contributed by atoms with Crippen molar-refractivity contribution in [3.05, 3.63) is 53.9 Å². The first kappa shape index (κ1) is 14.7. The smallest absolute Gasteiger partial charge is 0.123 e. The largest absolute Gasteiger partial charge is 0.338 e. The molecular weight excluding hydrogens is 253 g/mol. The van der Waals surface area contributed by atoms with E-state index in [0.29, 0.717) is 0 Å². The topological polar surface area (TPSA) is 29.9 Å². The molecule has 1 aromatic carbocycles. The predicted molar refractivity (Wildman–Crippen MR) is 79.0 cm³/mol. The first-order valence-electron chi connectivity index (χ1n) is 7.15. The van der Waals surface area contributed by atoms with E-state index in [2.05, 4.69) is 17.2 Å². The normalized spacial score (nSPS) is 12.6. The molecule has 0 bridgehead atoms. The van der Waals surface area contributed by atoms with Crippen LogP contribution in [0.5, 0.6) is 0 Å². The second-order valence-corrected chi connectivity index (χ2v) is 5.05. The first-order chi connectivity index (χ1) is 9.70. The Morgan fingerprint density at radius 1 is 1.30 bits per heavy atom. The highest BCUT2D eigenvalue weighted by atomic mass is 19.1. The molecule has 0 spiro atoms. The van der Waals surface area contributed by atoms with Gasteiger partial charge in [0.1, 0.15) is 11.6 Å². The standard InChI is InChI=1S/C16H22FN3/c1-3-10-18-15(13-4-6-14(17)7-5-13)8-9-16-19-11-12-20(16)2/h4-7,11-12,15,18H,3,8-10H2,1-2H3. The zero-order valence-electron chi connectivity index (χ0n) is 12.1. The maximum atomic E-state index is 13.0. The molecule has 1 heterocycles. The fourth-order valence-electron chi connectivity index (χ4n) is 2.31. The molecule has 2 aromatic rings. The highest BCUT2D eigenvalue weighted by molar-refractivity contribution is 5.20. The summed E-state index contributed by atoms with van der Waals surface area (Å²) in [6.07, 6.45) is 6.72. The van der Waals surface area contributed by atoms with Crippen molar-refractivity contribution in [3.8, 4) is 0 Å². The van der Waals surface area contributed by atoms with E-state index in [-0.39, 0.29) is 11.9 Å². The zero-order chi connectivity index (χ0) is 14.4. The third kappa shape index (κ3) is 3.90. The molecule has 1 unspecified atom stereocenters. The fourth-order valence-corrected chi connectivity index (χ4v) is 2.31. The van der Waals surface area contributed by atoms with Gasteiger partial charge in [0, 0.05) is 31.9 Å². The van der Waals surface area contributed by atoms with Gasteiger partial charge in [0.05, 0.1) is 0 Å². The summed E-state index contributed by atoms with van der Waals surface area (Å²) in [6.45, 7) is 3.11. The van der Waals surface area contributed by atoms with Gasteiger partial charge in [-0.1, -0.05) is 19.1 Å². The van der Waals surface area contributed by atoms with Gasteiger partial charge in [-0.15, -0.1) is 0 Å². The highest BCUT2D eigenvalue weighted by Gasteiger charge is 2.12. The van der Waals surface area contributed by atoms with Gasteiger partial charge in [-0.2, -0.15) is 0 Å². The Labute approximate surface area is 119 Å². The van der Waals surface area contributed by atoms with Crippen LogP contribution in [0.15, 0.2) is 36.7 Å². The van der Waals surface area contributed by atoms with Crippen LogP contribution in [0.1, 0.15) is 37.2 Å². The molecule has 4 heteroatoms. The highest BCUT2D eigenvalue weighted by Crippen LogP contribution is 2.19. The summed E-state index contributed by atoms with van der Waals surface area (Å²) in [5.74, 6) is 0.891. The molecule has 0 aliphatic rings. The molecule has 0 fully saturated rings. The van der Waals surface area contributed by atoms with Gasteiger partial charge in [0.15, 0.2) is 0 Å². The molecule has 0 saturated heterocycles. The second kappa shape index (κ2) is 7.20. The fraction of sp³-hybridized carbons (Fsp3) is 0.438. The van der Waals surface area contributed by atoms with E-state index in [9.17, 15) is 4.39 Å². The summed E-state index contributed by atoms with van der Waals surface area (Å²) in [7, 11) is 2.01. The minimum atomic E-state index is -0.188. The molecule has 0 saturated carbocycles. The minimum absolute atomic E-state index is 0.188. The van der Waals surface area contributed by atoms with Gasteiger partial charge >= 0.3 is 0 Å². The van der Waals surface area contributed by atoms with Crippen LogP contribution in [0.2, 0.25) is 0 Å². The van der Waals surface area contributed by atoms with Crippen molar-refractivity contribution in [3.63, 3.8) is 0 Å². The lowest BCUT2D eigenvalue weighted by Gasteiger charge is -2.19. The molecule has 1 aromatic heterocycles. The second-order valence-electron chi connectivity index (χ2n) is 5.05. The van der Waals surface area contributed by atoms with Crippen LogP contribution in [-0.2, 0) is 13.5 Å². The Hall–Kier alpha value is -1.68. The van der Waals surface area contributed by atoms with E-state index in [4.69, 9.17) is 0 Å². The lowest BCUT2D eigenvalue weighted by atomic mass is 10.0. The number of rotatable bonds is 7. The molecule has 0 aliphatic heterocycles. The summed E-state index contributed by atoms with van der Waals surface area (Å²) < 4.78 is 15.1. The van der Waals surface area contributed by atoms with Crippen molar-refractivity contribution in [2.75, 3.05) is 6.54 Å². The monoisotopic (exact) mass is 275 g/mol. The SMILES string of the molecule is CCCNC(CCc1nccn1C)c1ccc(F)cc1. The molecular formula is C16H22FN3. The summed E-state index contributed by atoms with van der Waals surface area (Å²) in [4.78, 5) is 4.35. The Morgan fingerprint density at radius 2 is 2.05 bits per heavy atom. The summed E-state index contributed by atoms with van der Waals surface area (Å²) in [5, 5.41) is 3.53. The molecule has 1 atom stereocenters. The number of imidazole rings is 1. The van der Waals surface area contributed by atoms with Crippen molar-refractivity contribution in [2.45, 2.75) is 32.2 Å². The van der Waals surface area contributed by atoms with Crippen LogP contribution >= 0.6 is 0 Å². The number of nitrogens with zero attached hydrogens (tertiary/aromatic N) is 2. The molecule has 2 rings (SSSR count). The van der Waals surface area contributed by atoms with Gasteiger partial charge in [0.25, 0.3) is 0 Å². The van der Waals surface area contributed by atoms with Gasteiger partial charge in [-0.25, -0.2) is 9.37 Å². The molecule has 20 heavy (non-hydrogen) atoms. The number of nitrogens with one attached hydrogen (secondary N) is 1. The summed E-state index contributed by atoms with van der Waals surface area (Å²) >= 11 is 0. The third-order valence-corrected chi connectivity index (χ3v) is 3.49. The molecule has 0 radical (unpaired) electrons. The van der Waals surface area contributed by atoms with Gasteiger partial charge < -0.3 is 9.88 Å². The number of benzene rings is 1. The Balaban J connectivity index is 2.03. The first-order valence-corrected chi connectivity index (χ1v) is 7.15. The van der Waals surface area contributed by atoms with E-state index in [0.717, 1.165) is 37.2 Å². The van der Waals surface area contributed by atoms with E-state index in [1.165, 1.54) is 12.1 Å². The number of halogens is 1. The quantitative estimate of drug-likeness (QED) is 0.840.